The minimum atomic E-state index is 0.140. The second kappa shape index (κ2) is 6.69. The van der Waals surface area contributed by atoms with Crippen LogP contribution in [-0.4, -0.2) is 16.5 Å². The number of anilines is 2. The summed E-state index contributed by atoms with van der Waals surface area (Å²) in [5.74, 6) is 0.672. The van der Waals surface area contributed by atoms with E-state index in [9.17, 15) is 4.79 Å². The average molecular weight is 299 g/mol. The fourth-order valence-corrected chi connectivity index (χ4v) is 2.89. The summed E-state index contributed by atoms with van der Waals surface area (Å²) in [5.41, 5.74) is 8.56. The van der Waals surface area contributed by atoms with Crippen molar-refractivity contribution >= 4 is 17.3 Å². The lowest BCUT2D eigenvalue weighted by atomic mass is 9.88. The van der Waals surface area contributed by atoms with Gasteiger partial charge in [-0.15, -0.1) is 0 Å². The van der Waals surface area contributed by atoms with Gasteiger partial charge in [0.25, 0.3) is 0 Å². The smallest absolute Gasteiger partial charge is 0.224 e. The summed E-state index contributed by atoms with van der Waals surface area (Å²) in [4.78, 5) is 13.6. The molecule has 4 nitrogen and oxygen atoms in total. The molecule has 1 aliphatic heterocycles. The predicted molar refractivity (Wildman–Crippen MR) is 91.8 cm³/mol. The summed E-state index contributed by atoms with van der Waals surface area (Å²) in [5, 5.41) is 0. The van der Waals surface area contributed by atoms with E-state index in [1.165, 1.54) is 5.56 Å². The van der Waals surface area contributed by atoms with Crippen LogP contribution in [0.15, 0.2) is 42.7 Å². The zero-order valence-electron chi connectivity index (χ0n) is 13.8. The number of hydrogen-bond donors (Lipinski definition) is 1. The first-order valence-electron chi connectivity index (χ1n) is 7.65. The van der Waals surface area contributed by atoms with Gasteiger partial charge in [0.2, 0.25) is 5.91 Å². The van der Waals surface area contributed by atoms with Gasteiger partial charge < -0.3 is 15.2 Å². The van der Waals surface area contributed by atoms with Crippen LogP contribution in [0.3, 0.4) is 0 Å². The molecule has 0 saturated carbocycles. The zero-order valence-corrected chi connectivity index (χ0v) is 13.8. The standard InChI is InChI=1S/C13H17NO.C5H8N2/c1-9-8-12-6-4-5-7-13(12)14(10(9)2)11(3)15;1-7-3-2-5(6)4-7/h4-7,9-10H,8H2,1-3H3;2-4H,6H2,1H3/t9-,10+;/m1./s1. The molecule has 1 aromatic carbocycles. The number of aryl methyl sites for hydroxylation is 1. The van der Waals surface area contributed by atoms with Gasteiger partial charge in [0.05, 0.1) is 0 Å². The second-order valence-corrected chi connectivity index (χ2v) is 6.05. The first-order chi connectivity index (χ1) is 10.4. The van der Waals surface area contributed by atoms with Crippen LogP contribution >= 0.6 is 0 Å². The van der Waals surface area contributed by atoms with Gasteiger partial charge in [0, 0.05) is 43.8 Å². The quantitative estimate of drug-likeness (QED) is 0.812. The topological polar surface area (TPSA) is 51.3 Å². The number of nitrogens with two attached hydrogens (primary N) is 1. The molecular weight excluding hydrogens is 274 g/mol. The Morgan fingerprint density at radius 3 is 2.41 bits per heavy atom. The van der Waals surface area contributed by atoms with E-state index in [0.29, 0.717) is 12.0 Å². The molecule has 2 heterocycles. The lowest BCUT2D eigenvalue weighted by Crippen LogP contribution is -2.45. The third-order valence-corrected chi connectivity index (χ3v) is 4.22. The van der Waals surface area contributed by atoms with Crippen LogP contribution in [0, 0.1) is 5.92 Å². The minimum absolute atomic E-state index is 0.140. The molecule has 0 spiro atoms. The maximum Gasteiger partial charge on any atom is 0.224 e. The van der Waals surface area contributed by atoms with Crippen LogP contribution in [0.4, 0.5) is 11.4 Å². The van der Waals surface area contributed by atoms with E-state index < -0.39 is 0 Å². The fraction of sp³-hybridized carbons (Fsp3) is 0.389. The maximum atomic E-state index is 11.6. The Morgan fingerprint density at radius 2 is 1.91 bits per heavy atom. The van der Waals surface area contributed by atoms with Crippen molar-refractivity contribution in [3.63, 3.8) is 0 Å². The Hall–Kier alpha value is -2.23. The molecule has 0 bridgehead atoms. The van der Waals surface area contributed by atoms with Crippen molar-refractivity contribution in [1.29, 1.82) is 0 Å². The van der Waals surface area contributed by atoms with Gasteiger partial charge in [-0.1, -0.05) is 25.1 Å². The molecular formula is C18H25N3O. The molecule has 4 heteroatoms. The van der Waals surface area contributed by atoms with Gasteiger partial charge in [0.1, 0.15) is 0 Å². The number of aromatic nitrogens is 1. The highest BCUT2D eigenvalue weighted by Gasteiger charge is 2.30. The number of amides is 1. The van der Waals surface area contributed by atoms with Gasteiger partial charge in [-0.3, -0.25) is 4.79 Å². The van der Waals surface area contributed by atoms with Crippen molar-refractivity contribution < 1.29 is 4.79 Å². The van der Waals surface area contributed by atoms with Crippen molar-refractivity contribution in [2.24, 2.45) is 13.0 Å². The van der Waals surface area contributed by atoms with Crippen LogP contribution in [-0.2, 0) is 18.3 Å². The molecule has 1 aliphatic rings. The van der Waals surface area contributed by atoms with Crippen LogP contribution in [0.25, 0.3) is 0 Å². The highest BCUT2D eigenvalue weighted by Crippen LogP contribution is 2.33. The molecule has 1 amide bonds. The highest BCUT2D eigenvalue weighted by molar-refractivity contribution is 5.93. The molecule has 3 rings (SSSR count). The van der Waals surface area contributed by atoms with E-state index >= 15 is 0 Å². The lowest BCUT2D eigenvalue weighted by molar-refractivity contribution is -0.117. The average Bonchev–Trinajstić information content (AvgIpc) is 2.84. The summed E-state index contributed by atoms with van der Waals surface area (Å²) in [6.07, 6.45) is 4.84. The van der Waals surface area contributed by atoms with Crippen molar-refractivity contribution in [2.45, 2.75) is 33.2 Å². The summed E-state index contributed by atoms with van der Waals surface area (Å²) < 4.78 is 1.91. The number of nitrogens with zero attached hydrogens (tertiary/aromatic N) is 2. The highest BCUT2D eigenvalue weighted by atomic mass is 16.2. The molecule has 0 fully saturated rings. The van der Waals surface area contributed by atoms with Gasteiger partial charge in [-0.05, 0) is 37.0 Å². The summed E-state index contributed by atoms with van der Waals surface area (Å²) in [7, 11) is 1.94. The lowest BCUT2D eigenvalue weighted by Gasteiger charge is -2.38. The van der Waals surface area contributed by atoms with E-state index in [2.05, 4.69) is 19.9 Å². The number of carbonyl (C=O) groups excluding carboxylic acids is 1. The van der Waals surface area contributed by atoms with Crippen molar-refractivity contribution in [3.8, 4) is 0 Å². The molecule has 2 N–H and O–H groups in total. The van der Waals surface area contributed by atoms with Crippen LogP contribution < -0.4 is 10.6 Å². The Bertz CT molecular complexity index is 631. The van der Waals surface area contributed by atoms with Crippen molar-refractivity contribution in [2.75, 3.05) is 10.6 Å². The van der Waals surface area contributed by atoms with E-state index in [4.69, 9.17) is 5.73 Å². The van der Waals surface area contributed by atoms with Gasteiger partial charge in [0.15, 0.2) is 0 Å². The number of fused-ring (bicyclic) bond motifs is 1. The van der Waals surface area contributed by atoms with Gasteiger partial charge >= 0.3 is 0 Å². The molecule has 2 aromatic rings. The first kappa shape index (κ1) is 16.1. The monoisotopic (exact) mass is 299 g/mol. The molecule has 118 valence electrons. The van der Waals surface area contributed by atoms with Crippen molar-refractivity contribution in [3.05, 3.63) is 48.3 Å². The molecule has 0 radical (unpaired) electrons. The molecule has 22 heavy (non-hydrogen) atoms. The maximum absolute atomic E-state index is 11.6. The van der Waals surface area contributed by atoms with Crippen molar-refractivity contribution in [1.82, 2.24) is 4.57 Å². The molecule has 0 aliphatic carbocycles. The number of hydrogen-bond acceptors (Lipinski definition) is 2. The van der Waals surface area contributed by atoms with E-state index in [1.54, 1.807) is 6.92 Å². The third kappa shape index (κ3) is 3.50. The number of nitrogen functional groups attached to an aromatic ring is 1. The van der Waals surface area contributed by atoms with Crippen LogP contribution in [0.2, 0.25) is 0 Å². The number of rotatable bonds is 0. The van der Waals surface area contributed by atoms with Gasteiger partial charge in [-0.25, -0.2) is 0 Å². The Balaban J connectivity index is 0.000000211. The van der Waals surface area contributed by atoms with E-state index in [0.717, 1.165) is 17.8 Å². The second-order valence-electron chi connectivity index (χ2n) is 6.05. The normalized spacial score (nSPS) is 19.9. The largest absolute Gasteiger partial charge is 0.398 e. The zero-order chi connectivity index (χ0) is 16.3. The fourth-order valence-electron chi connectivity index (χ4n) is 2.89. The van der Waals surface area contributed by atoms with E-state index in [-0.39, 0.29) is 5.91 Å². The van der Waals surface area contributed by atoms with E-state index in [1.807, 2.05) is 53.2 Å². The van der Waals surface area contributed by atoms with Crippen LogP contribution in [0.1, 0.15) is 26.3 Å². The Morgan fingerprint density at radius 1 is 1.23 bits per heavy atom. The molecule has 1 aromatic heterocycles. The SMILES string of the molecule is CC(=O)N1c2ccccc2C[C@@H](C)[C@@H]1C.Cn1ccc(N)c1. The third-order valence-electron chi connectivity index (χ3n) is 4.22. The van der Waals surface area contributed by atoms with Crippen LogP contribution in [0.5, 0.6) is 0 Å². The molecule has 0 saturated heterocycles. The molecule has 2 atom stereocenters. The minimum Gasteiger partial charge on any atom is -0.398 e. The predicted octanol–water partition coefficient (Wildman–Crippen LogP) is 3.23. The Kier molecular flexibility index (Phi) is 4.91. The number of benzene rings is 1. The molecule has 0 unspecified atom stereocenters. The Labute approximate surface area is 132 Å². The first-order valence-corrected chi connectivity index (χ1v) is 7.65. The summed E-state index contributed by atoms with van der Waals surface area (Å²) in [6.45, 7) is 5.98. The number of carbonyl (C=O) groups is 1. The van der Waals surface area contributed by atoms with Gasteiger partial charge in [-0.2, -0.15) is 0 Å². The number of para-hydroxylation sites is 1. The summed E-state index contributed by atoms with van der Waals surface area (Å²) in [6, 6.07) is 10.4. The summed E-state index contributed by atoms with van der Waals surface area (Å²) >= 11 is 0.